The molecule has 0 saturated carbocycles. The van der Waals surface area contributed by atoms with Gasteiger partial charge in [-0.3, -0.25) is 9.59 Å². The number of amides is 2. The van der Waals surface area contributed by atoms with E-state index in [0.29, 0.717) is 35.0 Å². The SMILES string of the molecule is Cc1cc(Cl)c(CC(=O)N2CCCC(C(=O)N[C@@H](Cc3ccc(-c4ccccc4)cc3)C(=O)O)C2)c(Cl)c1. The molecule has 2 atom stereocenters. The van der Waals surface area contributed by atoms with Crippen LogP contribution < -0.4 is 5.32 Å². The summed E-state index contributed by atoms with van der Waals surface area (Å²) >= 11 is 12.6. The Morgan fingerprint density at radius 3 is 2.26 bits per heavy atom. The number of nitrogens with zero attached hydrogens (tertiary/aromatic N) is 1. The van der Waals surface area contributed by atoms with E-state index in [1.807, 2.05) is 61.5 Å². The molecule has 2 N–H and O–H groups in total. The highest BCUT2D eigenvalue weighted by Gasteiger charge is 2.31. The van der Waals surface area contributed by atoms with E-state index in [-0.39, 0.29) is 31.2 Å². The summed E-state index contributed by atoms with van der Waals surface area (Å²) < 4.78 is 0. The molecular weight excluding hydrogens is 523 g/mol. The minimum atomic E-state index is -1.10. The van der Waals surface area contributed by atoms with E-state index in [9.17, 15) is 19.5 Å². The predicted octanol–water partition coefficient (Wildman–Crippen LogP) is 5.56. The summed E-state index contributed by atoms with van der Waals surface area (Å²) in [5.74, 6) is -2.11. The Hall–Kier alpha value is -3.35. The highest BCUT2D eigenvalue weighted by atomic mass is 35.5. The van der Waals surface area contributed by atoms with Crippen molar-refractivity contribution >= 4 is 41.0 Å². The minimum Gasteiger partial charge on any atom is -0.480 e. The Labute approximate surface area is 232 Å². The predicted molar refractivity (Wildman–Crippen MR) is 149 cm³/mol. The Morgan fingerprint density at radius 1 is 1.00 bits per heavy atom. The number of carbonyl (C=O) groups is 3. The van der Waals surface area contributed by atoms with Crippen molar-refractivity contribution in [1.29, 1.82) is 0 Å². The molecule has 1 aliphatic heterocycles. The lowest BCUT2D eigenvalue weighted by molar-refractivity contribution is -0.143. The maximum atomic E-state index is 13.1. The normalized spacial score (nSPS) is 16.1. The summed E-state index contributed by atoms with van der Waals surface area (Å²) in [7, 11) is 0. The number of carboxylic acid groups (broad SMARTS) is 1. The monoisotopic (exact) mass is 552 g/mol. The van der Waals surface area contributed by atoms with E-state index in [1.54, 1.807) is 17.0 Å². The molecule has 0 aliphatic carbocycles. The first-order valence-corrected chi connectivity index (χ1v) is 13.4. The number of hydrogen-bond acceptors (Lipinski definition) is 3. The molecule has 0 aromatic heterocycles. The third-order valence-corrected chi connectivity index (χ3v) is 7.55. The van der Waals surface area contributed by atoms with Crippen LogP contribution in [0.4, 0.5) is 0 Å². The van der Waals surface area contributed by atoms with Gasteiger partial charge >= 0.3 is 5.97 Å². The van der Waals surface area contributed by atoms with E-state index in [2.05, 4.69) is 5.32 Å². The number of likely N-dealkylation sites (tertiary alicyclic amines) is 1. The molecule has 3 aromatic rings. The van der Waals surface area contributed by atoms with Crippen molar-refractivity contribution in [3.8, 4) is 11.1 Å². The molecule has 38 heavy (non-hydrogen) atoms. The lowest BCUT2D eigenvalue weighted by Crippen LogP contribution is -2.50. The van der Waals surface area contributed by atoms with Crippen molar-refractivity contribution in [1.82, 2.24) is 10.2 Å². The molecule has 1 saturated heterocycles. The average Bonchev–Trinajstić information content (AvgIpc) is 2.91. The van der Waals surface area contributed by atoms with Crippen LogP contribution in [0.25, 0.3) is 11.1 Å². The summed E-state index contributed by atoms with van der Waals surface area (Å²) in [4.78, 5) is 39.7. The Morgan fingerprint density at radius 2 is 1.63 bits per heavy atom. The van der Waals surface area contributed by atoms with Crippen LogP contribution in [0.2, 0.25) is 10.0 Å². The highest BCUT2D eigenvalue weighted by Crippen LogP contribution is 2.28. The summed E-state index contributed by atoms with van der Waals surface area (Å²) in [5, 5.41) is 13.4. The number of carboxylic acids is 1. The summed E-state index contributed by atoms with van der Waals surface area (Å²) in [5.41, 5.74) is 4.39. The fourth-order valence-corrected chi connectivity index (χ4v) is 5.50. The summed E-state index contributed by atoms with van der Waals surface area (Å²) in [6.07, 6.45) is 1.44. The lowest BCUT2D eigenvalue weighted by Gasteiger charge is -2.33. The van der Waals surface area contributed by atoms with Crippen molar-refractivity contribution in [3.63, 3.8) is 0 Å². The molecule has 1 aliphatic rings. The Bertz CT molecular complexity index is 1290. The van der Waals surface area contributed by atoms with Gasteiger partial charge in [0.05, 0.1) is 12.3 Å². The van der Waals surface area contributed by atoms with Gasteiger partial charge in [-0.1, -0.05) is 77.8 Å². The quantitative estimate of drug-likeness (QED) is 0.383. The number of rotatable bonds is 8. The first kappa shape index (κ1) is 27.7. The number of aryl methyl sites for hydroxylation is 1. The van der Waals surface area contributed by atoms with Gasteiger partial charge in [0, 0.05) is 29.6 Å². The fraction of sp³-hybridized carbons (Fsp3) is 0.300. The molecule has 8 heteroatoms. The molecule has 3 aromatic carbocycles. The number of halogens is 2. The van der Waals surface area contributed by atoms with Crippen LogP contribution in [0, 0.1) is 12.8 Å². The van der Waals surface area contributed by atoms with Gasteiger partial charge in [-0.05, 0) is 59.7 Å². The first-order valence-electron chi connectivity index (χ1n) is 12.6. The third kappa shape index (κ3) is 6.94. The zero-order chi connectivity index (χ0) is 27.2. The molecule has 4 rings (SSSR count). The average molecular weight is 553 g/mol. The van der Waals surface area contributed by atoms with Gasteiger partial charge in [0.15, 0.2) is 0 Å². The van der Waals surface area contributed by atoms with Crippen LogP contribution in [0.3, 0.4) is 0 Å². The van der Waals surface area contributed by atoms with Crippen molar-refractivity contribution in [2.75, 3.05) is 13.1 Å². The summed E-state index contributed by atoms with van der Waals surface area (Å²) in [6.45, 7) is 2.63. The molecule has 1 fully saturated rings. The standard InChI is InChI=1S/C30H30Cl2N2O4/c1-19-14-25(31)24(26(32)15-19)17-28(35)34-13-5-8-23(18-34)29(36)33-27(30(37)38)16-20-9-11-22(12-10-20)21-6-3-2-4-7-21/h2-4,6-7,9-12,14-15,23,27H,5,8,13,16-18H2,1H3,(H,33,36)(H,37,38)/t23?,27-/m0/s1. The van der Waals surface area contributed by atoms with Crippen LogP contribution in [0.15, 0.2) is 66.7 Å². The topological polar surface area (TPSA) is 86.7 Å². The maximum Gasteiger partial charge on any atom is 0.326 e. The summed E-state index contributed by atoms with van der Waals surface area (Å²) in [6, 6.07) is 20.0. The minimum absolute atomic E-state index is 0.0447. The number of piperidine rings is 1. The van der Waals surface area contributed by atoms with E-state index in [0.717, 1.165) is 22.3 Å². The number of hydrogen-bond donors (Lipinski definition) is 2. The number of aliphatic carboxylic acids is 1. The van der Waals surface area contributed by atoms with Gasteiger partial charge in [-0.15, -0.1) is 0 Å². The maximum absolute atomic E-state index is 13.1. The molecule has 0 radical (unpaired) electrons. The van der Waals surface area contributed by atoms with Crippen LogP contribution in [0.1, 0.15) is 29.5 Å². The van der Waals surface area contributed by atoms with Gasteiger partial charge in [0.2, 0.25) is 11.8 Å². The van der Waals surface area contributed by atoms with Gasteiger partial charge in [0.1, 0.15) is 6.04 Å². The van der Waals surface area contributed by atoms with Crippen molar-refractivity contribution in [2.24, 2.45) is 5.92 Å². The van der Waals surface area contributed by atoms with Crippen LogP contribution in [-0.2, 0) is 27.2 Å². The van der Waals surface area contributed by atoms with Gasteiger partial charge in [-0.25, -0.2) is 4.79 Å². The number of carbonyl (C=O) groups excluding carboxylic acids is 2. The number of nitrogens with one attached hydrogen (secondary N) is 1. The Kier molecular flexibility index (Phi) is 9.08. The molecule has 1 unspecified atom stereocenters. The molecule has 198 valence electrons. The zero-order valence-corrected chi connectivity index (χ0v) is 22.6. The second-order valence-corrected chi connectivity index (χ2v) is 10.5. The zero-order valence-electron chi connectivity index (χ0n) is 21.1. The van der Waals surface area contributed by atoms with E-state index >= 15 is 0 Å². The van der Waals surface area contributed by atoms with Crippen molar-refractivity contribution in [3.05, 3.63) is 93.5 Å². The van der Waals surface area contributed by atoms with E-state index in [4.69, 9.17) is 23.2 Å². The Balaban J connectivity index is 1.37. The van der Waals surface area contributed by atoms with Gasteiger partial charge in [0.25, 0.3) is 0 Å². The molecule has 2 amide bonds. The smallest absolute Gasteiger partial charge is 0.326 e. The molecule has 0 bridgehead atoms. The largest absolute Gasteiger partial charge is 0.480 e. The molecule has 0 spiro atoms. The molecule has 6 nitrogen and oxygen atoms in total. The molecule has 1 heterocycles. The van der Waals surface area contributed by atoms with E-state index < -0.39 is 17.9 Å². The van der Waals surface area contributed by atoms with Gasteiger partial charge < -0.3 is 15.3 Å². The highest BCUT2D eigenvalue weighted by molar-refractivity contribution is 6.36. The fourth-order valence-electron chi connectivity index (χ4n) is 4.77. The first-order chi connectivity index (χ1) is 18.2. The third-order valence-electron chi connectivity index (χ3n) is 6.87. The van der Waals surface area contributed by atoms with Crippen LogP contribution >= 0.6 is 23.2 Å². The molecular formula is C30H30Cl2N2O4. The second kappa shape index (κ2) is 12.5. The number of benzene rings is 3. The van der Waals surface area contributed by atoms with E-state index in [1.165, 1.54) is 0 Å². The van der Waals surface area contributed by atoms with Crippen molar-refractivity contribution in [2.45, 2.75) is 38.6 Å². The van der Waals surface area contributed by atoms with Crippen LogP contribution in [-0.4, -0.2) is 46.9 Å². The van der Waals surface area contributed by atoms with Gasteiger partial charge in [-0.2, -0.15) is 0 Å². The lowest BCUT2D eigenvalue weighted by atomic mass is 9.95. The second-order valence-electron chi connectivity index (χ2n) is 9.73. The van der Waals surface area contributed by atoms with Crippen molar-refractivity contribution < 1.29 is 19.5 Å². The van der Waals surface area contributed by atoms with Crippen LogP contribution in [0.5, 0.6) is 0 Å².